The molecule has 0 aromatic heterocycles. The van der Waals surface area contributed by atoms with E-state index in [-0.39, 0.29) is 11.8 Å². The molecule has 2 N–H and O–H groups in total. The van der Waals surface area contributed by atoms with E-state index in [2.05, 4.69) is 10.6 Å². The third-order valence-electron chi connectivity index (χ3n) is 3.04. The average Bonchev–Trinajstić information content (AvgIpc) is 2.37. The standard InChI is InChI=1S/C13H25N3O2/c1-11(2)15-10-12(17)14-7-6-13(18)16-8-4-3-5-9-16/h11,15H,3-10H2,1-2H3,(H,14,17). The number of nitrogens with zero attached hydrogens (tertiary/aromatic N) is 1. The van der Waals surface area contributed by atoms with Crippen LogP contribution < -0.4 is 10.6 Å². The molecule has 1 rings (SSSR count). The fourth-order valence-corrected chi connectivity index (χ4v) is 1.97. The fraction of sp³-hybridized carbons (Fsp3) is 0.846. The first kappa shape index (κ1) is 15.0. The van der Waals surface area contributed by atoms with Gasteiger partial charge in [0.15, 0.2) is 0 Å². The molecule has 2 amide bonds. The molecular formula is C13H25N3O2. The van der Waals surface area contributed by atoms with Gasteiger partial charge in [-0.25, -0.2) is 0 Å². The van der Waals surface area contributed by atoms with E-state index in [1.807, 2.05) is 18.7 Å². The van der Waals surface area contributed by atoms with Gasteiger partial charge in [0.2, 0.25) is 11.8 Å². The molecule has 1 saturated heterocycles. The van der Waals surface area contributed by atoms with Crippen LogP contribution in [0.2, 0.25) is 0 Å². The summed E-state index contributed by atoms with van der Waals surface area (Å²) in [5, 5.41) is 5.80. The number of likely N-dealkylation sites (tertiary alicyclic amines) is 1. The summed E-state index contributed by atoms with van der Waals surface area (Å²) >= 11 is 0. The van der Waals surface area contributed by atoms with Crippen LogP contribution >= 0.6 is 0 Å². The molecule has 0 aliphatic carbocycles. The number of carbonyl (C=O) groups is 2. The molecule has 5 heteroatoms. The van der Waals surface area contributed by atoms with Gasteiger partial charge < -0.3 is 15.5 Å². The number of nitrogens with one attached hydrogen (secondary N) is 2. The summed E-state index contributed by atoms with van der Waals surface area (Å²) in [4.78, 5) is 25.1. The monoisotopic (exact) mass is 255 g/mol. The van der Waals surface area contributed by atoms with E-state index < -0.39 is 0 Å². The van der Waals surface area contributed by atoms with Crippen LogP contribution in [0.3, 0.4) is 0 Å². The Bertz CT molecular complexity index is 273. The number of piperidine rings is 1. The normalized spacial score (nSPS) is 15.8. The molecule has 0 saturated carbocycles. The summed E-state index contributed by atoms with van der Waals surface area (Å²) in [6.07, 6.45) is 3.85. The quantitative estimate of drug-likeness (QED) is 0.726. The Labute approximate surface area is 109 Å². The minimum atomic E-state index is -0.0462. The summed E-state index contributed by atoms with van der Waals surface area (Å²) in [7, 11) is 0. The second-order valence-corrected chi connectivity index (χ2v) is 5.08. The number of rotatable bonds is 6. The molecule has 0 spiro atoms. The lowest BCUT2D eigenvalue weighted by Gasteiger charge is -2.26. The number of hydrogen-bond acceptors (Lipinski definition) is 3. The van der Waals surface area contributed by atoms with Crippen molar-refractivity contribution in [1.82, 2.24) is 15.5 Å². The minimum Gasteiger partial charge on any atom is -0.354 e. The van der Waals surface area contributed by atoms with E-state index in [1.165, 1.54) is 6.42 Å². The van der Waals surface area contributed by atoms with Gasteiger partial charge in [-0.05, 0) is 19.3 Å². The van der Waals surface area contributed by atoms with Gasteiger partial charge in [-0.15, -0.1) is 0 Å². The molecule has 5 nitrogen and oxygen atoms in total. The Morgan fingerprint density at radius 1 is 1.17 bits per heavy atom. The first-order valence-electron chi connectivity index (χ1n) is 6.87. The van der Waals surface area contributed by atoms with E-state index in [0.717, 1.165) is 25.9 Å². The number of carbonyl (C=O) groups excluding carboxylic acids is 2. The van der Waals surface area contributed by atoms with Gasteiger partial charge >= 0.3 is 0 Å². The van der Waals surface area contributed by atoms with E-state index in [9.17, 15) is 9.59 Å². The van der Waals surface area contributed by atoms with Crippen molar-refractivity contribution < 1.29 is 9.59 Å². The molecule has 0 radical (unpaired) electrons. The zero-order valence-electron chi connectivity index (χ0n) is 11.5. The van der Waals surface area contributed by atoms with E-state index in [1.54, 1.807) is 0 Å². The van der Waals surface area contributed by atoms with Gasteiger partial charge in [-0.3, -0.25) is 9.59 Å². The maximum Gasteiger partial charge on any atom is 0.233 e. The van der Waals surface area contributed by atoms with Crippen LogP contribution in [0, 0.1) is 0 Å². The molecule has 1 aliphatic rings. The molecule has 0 unspecified atom stereocenters. The average molecular weight is 255 g/mol. The van der Waals surface area contributed by atoms with Crippen LogP contribution in [-0.2, 0) is 9.59 Å². The highest BCUT2D eigenvalue weighted by Crippen LogP contribution is 2.09. The van der Waals surface area contributed by atoms with E-state index in [0.29, 0.717) is 25.6 Å². The largest absolute Gasteiger partial charge is 0.354 e. The highest BCUT2D eigenvalue weighted by atomic mass is 16.2. The van der Waals surface area contributed by atoms with Gasteiger partial charge in [0.25, 0.3) is 0 Å². The maximum absolute atomic E-state index is 11.8. The Hall–Kier alpha value is -1.10. The van der Waals surface area contributed by atoms with Crippen molar-refractivity contribution in [3.05, 3.63) is 0 Å². The highest BCUT2D eigenvalue weighted by Gasteiger charge is 2.15. The van der Waals surface area contributed by atoms with Gasteiger partial charge in [0.05, 0.1) is 6.54 Å². The first-order chi connectivity index (χ1) is 8.59. The number of hydrogen-bond donors (Lipinski definition) is 2. The zero-order valence-corrected chi connectivity index (χ0v) is 11.5. The summed E-state index contributed by atoms with van der Waals surface area (Å²) in [6.45, 7) is 6.49. The van der Waals surface area contributed by atoms with Crippen LogP contribution in [0.15, 0.2) is 0 Å². The highest BCUT2D eigenvalue weighted by molar-refractivity contribution is 5.80. The summed E-state index contributed by atoms with van der Waals surface area (Å²) in [5.41, 5.74) is 0. The lowest BCUT2D eigenvalue weighted by atomic mass is 10.1. The molecule has 0 atom stereocenters. The molecule has 0 bridgehead atoms. The lowest BCUT2D eigenvalue weighted by Crippen LogP contribution is -2.40. The Morgan fingerprint density at radius 3 is 2.44 bits per heavy atom. The predicted molar refractivity (Wildman–Crippen MR) is 71.2 cm³/mol. The van der Waals surface area contributed by atoms with Gasteiger partial charge in [0.1, 0.15) is 0 Å². The van der Waals surface area contributed by atoms with Crippen molar-refractivity contribution in [3.63, 3.8) is 0 Å². The van der Waals surface area contributed by atoms with Crippen molar-refractivity contribution >= 4 is 11.8 Å². The van der Waals surface area contributed by atoms with Crippen molar-refractivity contribution in [3.8, 4) is 0 Å². The van der Waals surface area contributed by atoms with Gasteiger partial charge in [-0.2, -0.15) is 0 Å². The topological polar surface area (TPSA) is 61.4 Å². The van der Waals surface area contributed by atoms with Crippen molar-refractivity contribution in [2.75, 3.05) is 26.2 Å². The Kier molecular flexibility index (Phi) is 6.72. The van der Waals surface area contributed by atoms with Crippen LogP contribution in [0.4, 0.5) is 0 Å². The van der Waals surface area contributed by atoms with Gasteiger partial charge in [-0.1, -0.05) is 13.8 Å². The second-order valence-electron chi connectivity index (χ2n) is 5.08. The second kappa shape index (κ2) is 8.08. The van der Waals surface area contributed by atoms with Crippen LogP contribution in [0.5, 0.6) is 0 Å². The molecule has 1 aliphatic heterocycles. The minimum absolute atomic E-state index is 0.0462. The molecule has 0 aromatic rings. The molecule has 104 valence electrons. The first-order valence-corrected chi connectivity index (χ1v) is 6.87. The Balaban J connectivity index is 2.09. The van der Waals surface area contributed by atoms with Crippen LogP contribution in [0.1, 0.15) is 39.5 Å². The fourth-order valence-electron chi connectivity index (χ4n) is 1.97. The van der Waals surface area contributed by atoms with Crippen molar-refractivity contribution in [1.29, 1.82) is 0 Å². The predicted octanol–water partition coefficient (Wildman–Crippen LogP) is 0.503. The number of amides is 2. The summed E-state index contributed by atoms with van der Waals surface area (Å²) < 4.78 is 0. The molecular weight excluding hydrogens is 230 g/mol. The maximum atomic E-state index is 11.8. The molecule has 18 heavy (non-hydrogen) atoms. The van der Waals surface area contributed by atoms with Crippen molar-refractivity contribution in [2.45, 2.75) is 45.6 Å². The van der Waals surface area contributed by atoms with Crippen LogP contribution in [0.25, 0.3) is 0 Å². The SMILES string of the molecule is CC(C)NCC(=O)NCCC(=O)N1CCCCC1. The van der Waals surface area contributed by atoms with Crippen molar-refractivity contribution in [2.24, 2.45) is 0 Å². The van der Waals surface area contributed by atoms with E-state index >= 15 is 0 Å². The summed E-state index contributed by atoms with van der Waals surface area (Å²) in [6, 6.07) is 0.297. The molecule has 1 heterocycles. The molecule has 1 fully saturated rings. The third kappa shape index (κ3) is 6.00. The van der Waals surface area contributed by atoms with Gasteiger partial charge in [0, 0.05) is 32.1 Å². The molecule has 0 aromatic carbocycles. The zero-order chi connectivity index (χ0) is 13.4. The third-order valence-corrected chi connectivity index (χ3v) is 3.04. The lowest BCUT2D eigenvalue weighted by molar-refractivity contribution is -0.132. The van der Waals surface area contributed by atoms with E-state index in [4.69, 9.17) is 0 Å². The Morgan fingerprint density at radius 2 is 1.83 bits per heavy atom. The smallest absolute Gasteiger partial charge is 0.233 e. The van der Waals surface area contributed by atoms with Crippen LogP contribution in [-0.4, -0.2) is 48.9 Å². The summed E-state index contributed by atoms with van der Waals surface area (Å²) in [5.74, 6) is 0.113.